The third-order valence-corrected chi connectivity index (χ3v) is 2.84. The van der Waals surface area contributed by atoms with Crippen LogP contribution in [0.2, 0.25) is 0 Å². The van der Waals surface area contributed by atoms with Gasteiger partial charge in [0.15, 0.2) is 0 Å². The molecule has 2 rings (SSSR count). The van der Waals surface area contributed by atoms with Crippen LogP contribution in [0.5, 0.6) is 0 Å². The van der Waals surface area contributed by atoms with Crippen LogP contribution >= 0.6 is 0 Å². The SMILES string of the molecule is CNCCNc1ccc(C(=O)Nc2cccc(C)n2)cn1. The van der Waals surface area contributed by atoms with Crippen molar-refractivity contribution in [3.05, 3.63) is 47.8 Å². The smallest absolute Gasteiger partial charge is 0.258 e. The van der Waals surface area contributed by atoms with E-state index in [0.29, 0.717) is 11.4 Å². The van der Waals surface area contributed by atoms with Crippen LogP contribution in [0.25, 0.3) is 0 Å². The van der Waals surface area contributed by atoms with E-state index in [1.807, 2.05) is 26.1 Å². The fourth-order valence-electron chi connectivity index (χ4n) is 1.75. The second-order valence-corrected chi connectivity index (χ2v) is 4.58. The monoisotopic (exact) mass is 285 g/mol. The third kappa shape index (κ3) is 4.54. The van der Waals surface area contributed by atoms with E-state index < -0.39 is 0 Å². The molecule has 0 bridgehead atoms. The third-order valence-electron chi connectivity index (χ3n) is 2.84. The standard InChI is InChI=1S/C15H19N5O/c1-11-4-3-5-14(19-11)20-15(21)12-6-7-13(18-10-12)17-9-8-16-2/h3-7,10,16H,8-9H2,1-2H3,(H,17,18)(H,19,20,21). The minimum atomic E-state index is -0.220. The molecular weight excluding hydrogens is 266 g/mol. The lowest BCUT2D eigenvalue weighted by Crippen LogP contribution is -2.18. The predicted molar refractivity (Wildman–Crippen MR) is 83.6 cm³/mol. The number of carbonyl (C=O) groups is 1. The van der Waals surface area contributed by atoms with Crippen LogP contribution < -0.4 is 16.0 Å². The molecule has 0 fully saturated rings. The number of nitrogens with one attached hydrogen (secondary N) is 3. The number of pyridine rings is 2. The zero-order valence-corrected chi connectivity index (χ0v) is 12.2. The highest BCUT2D eigenvalue weighted by atomic mass is 16.1. The predicted octanol–water partition coefficient (Wildman–Crippen LogP) is 1.67. The molecule has 0 spiro atoms. The fourth-order valence-corrected chi connectivity index (χ4v) is 1.75. The summed E-state index contributed by atoms with van der Waals surface area (Å²) in [5, 5.41) is 8.94. The lowest BCUT2D eigenvalue weighted by Gasteiger charge is -2.07. The molecule has 0 aliphatic rings. The molecule has 6 heteroatoms. The van der Waals surface area contributed by atoms with Gasteiger partial charge in [0.25, 0.3) is 5.91 Å². The quantitative estimate of drug-likeness (QED) is 0.704. The van der Waals surface area contributed by atoms with Gasteiger partial charge >= 0.3 is 0 Å². The molecular formula is C15H19N5O. The van der Waals surface area contributed by atoms with Crippen LogP contribution in [-0.2, 0) is 0 Å². The molecule has 0 aromatic carbocycles. The largest absolute Gasteiger partial charge is 0.369 e. The number of hydrogen-bond acceptors (Lipinski definition) is 5. The molecule has 110 valence electrons. The van der Waals surface area contributed by atoms with E-state index in [-0.39, 0.29) is 5.91 Å². The number of nitrogens with zero attached hydrogens (tertiary/aromatic N) is 2. The molecule has 3 N–H and O–H groups in total. The summed E-state index contributed by atoms with van der Waals surface area (Å²) in [6.07, 6.45) is 1.55. The van der Waals surface area contributed by atoms with Gasteiger partial charge in [-0.3, -0.25) is 4.79 Å². The molecule has 6 nitrogen and oxygen atoms in total. The Bertz CT molecular complexity index is 597. The van der Waals surface area contributed by atoms with Gasteiger partial charge in [0.05, 0.1) is 5.56 Å². The van der Waals surface area contributed by atoms with Crippen molar-refractivity contribution in [3.8, 4) is 0 Å². The van der Waals surface area contributed by atoms with Crippen LogP contribution in [0.1, 0.15) is 16.1 Å². The Morgan fingerprint density at radius 1 is 1.14 bits per heavy atom. The maximum atomic E-state index is 12.1. The van der Waals surface area contributed by atoms with Gasteiger partial charge in [-0.05, 0) is 38.2 Å². The Morgan fingerprint density at radius 3 is 2.67 bits per heavy atom. The molecule has 0 radical (unpaired) electrons. The summed E-state index contributed by atoms with van der Waals surface area (Å²) in [5.41, 5.74) is 1.35. The van der Waals surface area contributed by atoms with Gasteiger partial charge in [-0.2, -0.15) is 0 Å². The number of hydrogen-bond donors (Lipinski definition) is 3. The lowest BCUT2D eigenvalue weighted by atomic mass is 10.2. The Morgan fingerprint density at radius 2 is 2.00 bits per heavy atom. The van der Waals surface area contributed by atoms with Crippen LogP contribution in [-0.4, -0.2) is 36.0 Å². The van der Waals surface area contributed by atoms with Crippen LogP contribution in [0, 0.1) is 6.92 Å². The van der Waals surface area contributed by atoms with Crippen molar-refractivity contribution in [2.24, 2.45) is 0 Å². The summed E-state index contributed by atoms with van der Waals surface area (Å²) in [5.74, 6) is 1.06. The van der Waals surface area contributed by atoms with Crippen molar-refractivity contribution in [3.63, 3.8) is 0 Å². The van der Waals surface area contributed by atoms with Gasteiger partial charge < -0.3 is 16.0 Å². The number of amides is 1. The van der Waals surface area contributed by atoms with Gasteiger partial charge in [-0.1, -0.05) is 6.07 Å². The first-order valence-electron chi connectivity index (χ1n) is 6.78. The Kier molecular flexibility index (Phi) is 5.22. The van der Waals surface area contributed by atoms with E-state index in [4.69, 9.17) is 0 Å². The maximum Gasteiger partial charge on any atom is 0.258 e. The minimum absolute atomic E-state index is 0.220. The first kappa shape index (κ1) is 14.9. The highest BCUT2D eigenvalue weighted by molar-refractivity contribution is 6.03. The molecule has 2 aromatic heterocycles. The van der Waals surface area contributed by atoms with E-state index in [1.54, 1.807) is 24.4 Å². The molecule has 0 unspecified atom stereocenters. The molecule has 2 heterocycles. The average molecular weight is 285 g/mol. The molecule has 2 aromatic rings. The van der Waals surface area contributed by atoms with Gasteiger partial charge in [-0.15, -0.1) is 0 Å². The molecule has 0 aliphatic heterocycles. The van der Waals surface area contributed by atoms with E-state index in [2.05, 4.69) is 25.9 Å². The summed E-state index contributed by atoms with van der Waals surface area (Å²) in [6, 6.07) is 9.01. The zero-order valence-electron chi connectivity index (χ0n) is 12.2. The van der Waals surface area contributed by atoms with Crippen molar-refractivity contribution in [2.75, 3.05) is 30.8 Å². The second-order valence-electron chi connectivity index (χ2n) is 4.58. The molecule has 0 atom stereocenters. The Labute approximate surface area is 124 Å². The topological polar surface area (TPSA) is 78.9 Å². The number of aryl methyl sites for hydroxylation is 1. The summed E-state index contributed by atoms with van der Waals surface area (Å²) in [7, 11) is 1.89. The van der Waals surface area contributed by atoms with Crippen LogP contribution in [0.15, 0.2) is 36.5 Å². The van der Waals surface area contributed by atoms with Crippen molar-refractivity contribution in [2.45, 2.75) is 6.92 Å². The van der Waals surface area contributed by atoms with E-state index >= 15 is 0 Å². The maximum absolute atomic E-state index is 12.1. The highest BCUT2D eigenvalue weighted by Crippen LogP contribution is 2.09. The molecule has 0 saturated heterocycles. The van der Waals surface area contributed by atoms with Gasteiger partial charge in [0, 0.05) is 25.0 Å². The number of carbonyl (C=O) groups excluding carboxylic acids is 1. The van der Waals surface area contributed by atoms with Crippen LogP contribution in [0.4, 0.5) is 11.6 Å². The highest BCUT2D eigenvalue weighted by Gasteiger charge is 2.07. The number of aromatic nitrogens is 2. The fraction of sp³-hybridized carbons (Fsp3) is 0.267. The van der Waals surface area contributed by atoms with Gasteiger partial charge in [0.2, 0.25) is 0 Å². The van der Waals surface area contributed by atoms with E-state index in [1.165, 1.54) is 0 Å². The molecule has 0 aliphatic carbocycles. The molecule has 0 saturated carbocycles. The normalized spacial score (nSPS) is 10.2. The van der Waals surface area contributed by atoms with Crippen molar-refractivity contribution < 1.29 is 4.79 Å². The van der Waals surface area contributed by atoms with Crippen molar-refractivity contribution in [1.29, 1.82) is 0 Å². The summed E-state index contributed by atoms with van der Waals surface area (Å²) in [4.78, 5) is 20.5. The number of anilines is 2. The Balaban J connectivity index is 1.96. The van der Waals surface area contributed by atoms with Crippen LogP contribution in [0.3, 0.4) is 0 Å². The first-order valence-corrected chi connectivity index (χ1v) is 6.78. The Hall–Kier alpha value is -2.47. The summed E-state index contributed by atoms with van der Waals surface area (Å²) >= 11 is 0. The molecule has 1 amide bonds. The van der Waals surface area contributed by atoms with Crippen molar-refractivity contribution in [1.82, 2.24) is 15.3 Å². The van der Waals surface area contributed by atoms with Gasteiger partial charge in [-0.25, -0.2) is 9.97 Å². The second kappa shape index (κ2) is 7.35. The number of likely N-dealkylation sites (N-methyl/N-ethyl adjacent to an activating group) is 1. The number of rotatable bonds is 6. The van der Waals surface area contributed by atoms with Crippen molar-refractivity contribution >= 4 is 17.5 Å². The van der Waals surface area contributed by atoms with Gasteiger partial charge in [0.1, 0.15) is 11.6 Å². The first-order chi connectivity index (χ1) is 10.2. The zero-order chi connectivity index (χ0) is 15.1. The summed E-state index contributed by atoms with van der Waals surface area (Å²) in [6.45, 7) is 3.51. The minimum Gasteiger partial charge on any atom is -0.369 e. The summed E-state index contributed by atoms with van der Waals surface area (Å²) < 4.78 is 0. The van der Waals surface area contributed by atoms with E-state index in [0.717, 1.165) is 24.6 Å². The van der Waals surface area contributed by atoms with E-state index in [9.17, 15) is 4.79 Å². The lowest BCUT2D eigenvalue weighted by molar-refractivity contribution is 0.102. The average Bonchev–Trinajstić information content (AvgIpc) is 2.48. The molecule has 21 heavy (non-hydrogen) atoms.